The Morgan fingerprint density at radius 3 is 1.93 bits per heavy atom. The van der Waals surface area contributed by atoms with E-state index in [1.54, 1.807) is 0 Å². The van der Waals surface area contributed by atoms with Gasteiger partial charge in [0.15, 0.2) is 0 Å². The molecule has 0 bridgehead atoms. The Morgan fingerprint density at radius 2 is 1.40 bits per heavy atom. The van der Waals surface area contributed by atoms with Crippen molar-refractivity contribution in [2.75, 3.05) is 19.8 Å². The van der Waals surface area contributed by atoms with Gasteiger partial charge in [0.25, 0.3) is 0 Å². The second-order valence-corrected chi connectivity index (χ2v) is 4.80. The lowest BCUT2D eigenvalue weighted by Crippen LogP contribution is -2.04. The van der Waals surface area contributed by atoms with Crippen LogP contribution >= 0.6 is 0 Å². The molecule has 0 unspecified atom stereocenters. The minimum atomic E-state index is 0.374. The predicted molar refractivity (Wildman–Crippen MR) is 65.2 cm³/mol. The highest BCUT2D eigenvalue weighted by molar-refractivity contribution is 4.45. The average Bonchev–Trinajstić information content (AvgIpc) is 2.14. The van der Waals surface area contributed by atoms with Crippen LogP contribution in [0, 0.1) is 5.92 Å². The van der Waals surface area contributed by atoms with Crippen LogP contribution in [0.15, 0.2) is 0 Å². The van der Waals surface area contributed by atoms with E-state index in [1.165, 1.54) is 25.7 Å². The van der Waals surface area contributed by atoms with Gasteiger partial charge in [0.05, 0.1) is 6.10 Å². The van der Waals surface area contributed by atoms with Crippen LogP contribution in [0.5, 0.6) is 0 Å². The summed E-state index contributed by atoms with van der Waals surface area (Å²) in [6.45, 7) is 11.3. The Hall–Kier alpha value is -0.0800. The van der Waals surface area contributed by atoms with E-state index in [9.17, 15) is 0 Å². The zero-order valence-corrected chi connectivity index (χ0v) is 10.9. The third-order valence-corrected chi connectivity index (χ3v) is 2.09. The quantitative estimate of drug-likeness (QED) is 0.519. The molecule has 15 heavy (non-hydrogen) atoms. The summed E-state index contributed by atoms with van der Waals surface area (Å²) >= 11 is 0. The van der Waals surface area contributed by atoms with E-state index in [0.717, 1.165) is 19.8 Å². The van der Waals surface area contributed by atoms with Gasteiger partial charge in [0.2, 0.25) is 0 Å². The van der Waals surface area contributed by atoms with Crippen molar-refractivity contribution in [2.45, 2.75) is 59.5 Å². The zero-order chi connectivity index (χ0) is 11.5. The summed E-state index contributed by atoms with van der Waals surface area (Å²) in [5.74, 6) is 0.657. The highest BCUT2D eigenvalue weighted by atomic mass is 16.5. The highest BCUT2D eigenvalue weighted by Crippen LogP contribution is 2.02. The molecule has 0 aliphatic heterocycles. The average molecular weight is 216 g/mol. The van der Waals surface area contributed by atoms with Gasteiger partial charge in [-0.25, -0.2) is 0 Å². The minimum absolute atomic E-state index is 0.374. The molecule has 0 radical (unpaired) electrons. The third kappa shape index (κ3) is 13.9. The van der Waals surface area contributed by atoms with Crippen molar-refractivity contribution >= 4 is 0 Å². The normalized spacial score (nSPS) is 11.6. The fourth-order valence-corrected chi connectivity index (χ4v) is 1.30. The molecular formula is C13H28O2. The van der Waals surface area contributed by atoms with Gasteiger partial charge in [-0.1, -0.05) is 26.7 Å². The molecule has 0 aliphatic rings. The lowest BCUT2D eigenvalue weighted by Gasteiger charge is -2.08. The fraction of sp³-hybridized carbons (Fsp3) is 1.00. The van der Waals surface area contributed by atoms with Gasteiger partial charge in [0.1, 0.15) is 0 Å². The van der Waals surface area contributed by atoms with Gasteiger partial charge in [-0.05, 0) is 32.6 Å². The monoisotopic (exact) mass is 216 g/mol. The van der Waals surface area contributed by atoms with Gasteiger partial charge >= 0.3 is 0 Å². The van der Waals surface area contributed by atoms with Gasteiger partial charge in [-0.2, -0.15) is 0 Å². The van der Waals surface area contributed by atoms with E-state index >= 15 is 0 Å². The van der Waals surface area contributed by atoms with Crippen LogP contribution in [-0.4, -0.2) is 25.9 Å². The first-order valence-electron chi connectivity index (χ1n) is 6.32. The van der Waals surface area contributed by atoms with Gasteiger partial charge in [-0.3, -0.25) is 0 Å². The zero-order valence-electron chi connectivity index (χ0n) is 10.9. The van der Waals surface area contributed by atoms with Crippen LogP contribution in [0.4, 0.5) is 0 Å². The first-order valence-corrected chi connectivity index (χ1v) is 6.32. The Bertz CT molecular complexity index is 108. The molecule has 0 saturated heterocycles. The molecule has 0 fully saturated rings. The molecule has 0 spiro atoms. The summed E-state index contributed by atoms with van der Waals surface area (Å²) in [6, 6.07) is 0. The largest absolute Gasteiger partial charge is 0.381 e. The molecule has 0 aromatic heterocycles. The molecule has 0 rings (SSSR count). The van der Waals surface area contributed by atoms with Crippen LogP contribution in [0.1, 0.15) is 53.4 Å². The van der Waals surface area contributed by atoms with E-state index < -0.39 is 0 Å². The maximum Gasteiger partial charge on any atom is 0.0518 e. The summed E-state index contributed by atoms with van der Waals surface area (Å²) in [5, 5.41) is 0. The smallest absolute Gasteiger partial charge is 0.0518 e. The number of hydrogen-bond acceptors (Lipinski definition) is 2. The molecule has 2 nitrogen and oxygen atoms in total. The molecule has 0 aromatic carbocycles. The third-order valence-electron chi connectivity index (χ3n) is 2.09. The highest BCUT2D eigenvalue weighted by Gasteiger charge is 1.95. The van der Waals surface area contributed by atoms with Crippen LogP contribution < -0.4 is 0 Å². The molecule has 0 atom stereocenters. The standard InChI is InChI=1S/C13H28O2/c1-12(2)11-14-9-7-5-6-8-10-15-13(3)4/h12-13H,5-11H2,1-4H3. The second kappa shape index (κ2) is 10.4. The first-order chi connectivity index (χ1) is 7.13. The number of ether oxygens (including phenoxy) is 2. The SMILES string of the molecule is CC(C)COCCCCCCOC(C)C. The summed E-state index contributed by atoms with van der Waals surface area (Å²) in [5.41, 5.74) is 0. The van der Waals surface area contributed by atoms with Gasteiger partial charge in [0, 0.05) is 19.8 Å². The van der Waals surface area contributed by atoms with Crippen molar-refractivity contribution in [3.05, 3.63) is 0 Å². The summed E-state index contributed by atoms with van der Waals surface area (Å²) in [7, 11) is 0. The Labute approximate surface area is 95.3 Å². The molecule has 0 N–H and O–H groups in total. The van der Waals surface area contributed by atoms with Crippen LogP contribution in [0.2, 0.25) is 0 Å². The number of hydrogen-bond donors (Lipinski definition) is 0. The van der Waals surface area contributed by atoms with Crippen molar-refractivity contribution in [1.82, 2.24) is 0 Å². The fourth-order valence-electron chi connectivity index (χ4n) is 1.30. The van der Waals surface area contributed by atoms with E-state index in [2.05, 4.69) is 27.7 Å². The van der Waals surface area contributed by atoms with Crippen LogP contribution in [-0.2, 0) is 9.47 Å². The van der Waals surface area contributed by atoms with Crippen molar-refractivity contribution in [1.29, 1.82) is 0 Å². The van der Waals surface area contributed by atoms with E-state index in [0.29, 0.717) is 12.0 Å². The predicted octanol–water partition coefficient (Wildman–Crippen LogP) is 3.64. The molecular weight excluding hydrogens is 188 g/mol. The summed E-state index contributed by atoms with van der Waals surface area (Å²) < 4.78 is 11.0. The summed E-state index contributed by atoms with van der Waals surface area (Å²) in [4.78, 5) is 0. The number of unbranched alkanes of at least 4 members (excludes halogenated alkanes) is 3. The van der Waals surface area contributed by atoms with Crippen molar-refractivity contribution in [3.8, 4) is 0 Å². The van der Waals surface area contributed by atoms with Crippen LogP contribution in [0.3, 0.4) is 0 Å². The Kier molecular flexibility index (Phi) is 10.4. The maximum absolute atomic E-state index is 5.51. The molecule has 0 aromatic rings. The van der Waals surface area contributed by atoms with Gasteiger partial charge in [-0.15, -0.1) is 0 Å². The maximum atomic E-state index is 5.51. The van der Waals surface area contributed by atoms with Crippen molar-refractivity contribution in [2.24, 2.45) is 5.92 Å². The molecule has 92 valence electrons. The minimum Gasteiger partial charge on any atom is -0.381 e. The van der Waals surface area contributed by atoms with E-state index in [-0.39, 0.29) is 0 Å². The van der Waals surface area contributed by atoms with Gasteiger partial charge < -0.3 is 9.47 Å². The molecule has 0 saturated carbocycles. The van der Waals surface area contributed by atoms with Crippen molar-refractivity contribution < 1.29 is 9.47 Å². The van der Waals surface area contributed by atoms with Crippen LogP contribution in [0.25, 0.3) is 0 Å². The molecule has 2 heteroatoms. The van der Waals surface area contributed by atoms with Crippen molar-refractivity contribution in [3.63, 3.8) is 0 Å². The lowest BCUT2D eigenvalue weighted by molar-refractivity contribution is 0.0742. The summed E-state index contributed by atoms with van der Waals surface area (Å²) in [6.07, 6.45) is 5.27. The van der Waals surface area contributed by atoms with E-state index in [4.69, 9.17) is 9.47 Å². The number of rotatable bonds is 10. The Balaban J connectivity index is 2.93. The lowest BCUT2D eigenvalue weighted by atomic mass is 10.2. The Morgan fingerprint density at radius 1 is 0.800 bits per heavy atom. The molecule has 0 amide bonds. The topological polar surface area (TPSA) is 18.5 Å². The molecule has 0 heterocycles. The second-order valence-electron chi connectivity index (χ2n) is 4.80. The molecule has 0 aliphatic carbocycles. The van der Waals surface area contributed by atoms with E-state index in [1.807, 2.05) is 0 Å². The first kappa shape index (κ1) is 14.9.